The third-order valence-corrected chi connectivity index (χ3v) is 5.57. The van der Waals surface area contributed by atoms with E-state index in [1.54, 1.807) is 0 Å². The van der Waals surface area contributed by atoms with Crippen molar-refractivity contribution in [3.8, 4) is 0 Å². The predicted octanol–water partition coefficient (Wildman–Crippen LogP) is -0.770. The number of halogens is 1. The molecule has 19 heavy (non-hydrogen) atoms. The van der Waals surface area contributed by atoms with Gasteiger partial charge in [-0.25, -0.2) is 0 Å². The summed E-state index contributed by atoms with van der Waals surface area (Å²) < 4.78 is 5.28. The first-order valence-electron chi connectivity index (χ1n) is 5.78. The minimum absolute atomic E-state index is 0. The van der Waals surface area contributed by atoms with Crippen molar-refractivity contribution in [2.24, 2.45) is 24.3 Å². The monoisotopic (exact) mass is 340 g/mol. The number of benzene rings is 1. The van der Waals surface area contributed by atoms with Gasteiger partial charge in [-0.3, -0.25) is 0 Å². The fourth-order valence-electron chi connectivity index (χ4n) is 1.75. The molecule has 102 valence electrons. The van der Waals surface area contributed by atoms with E-state index in [0.29, 0.717) is 0 Å². The largest absolute Gasteiger partial charge is 1.00 e. The van der Waals surface area contributed by atoms with Gasteiger partial charge in [-0.2, -0.15) is 0 Å². The van der Waals surface area contributed by atoms with Crippen LogP contribution in [0.1, 0.15) is 0 Å². The topological polar surface area (TPSA) is 33.5 Å². The predicted molar refractivity (Wildman–Crippen MR) is 74.3 cm³/mol. The summed E-state index contributed by atoms with van der Waals surface area (Å²) in [6, 6.07) is 8.29. The summed E-state index contributed by atoms with van der Waals surface area (Å²) in [5, 5.41) is 8.76. The van der Waals surface area contributed by atoms with Gasteiger partial charge >= 0.3 is 112 Å². The van der Waals surface area contributed by atoms with Gasteiger partial charge in [0.2, 0.25) is 0 Å². The average molecular weight is 341 g/mol. The van der Waals surface area contributed by atoms with Gasteiger partial charge < -0.3 is 12.4 Å². The fraction of sp³-hybridized carbons (Fsp3) is 0.308. The smallest absolute Gasteiger partial charge is 1.00 e. The van der Waals surface area contributed by atoms with Crippen LogP contribution >= 0.6 is 0 Å². The standard InChI is InChI=1S/C13H18AsN4.ClH/c1-14(2)11-7-5-6-8-12(11)15-16-13-17(3)9-10-18(13)4;/h5-10H,1-4H3;1H/q+1;/p-1. The maximum atomic E-state index is 4.41. The molecule has 0 saturated heterocycles. The number of aromatic nitrogens is 2. The molecule has 1 aromatic carbocycles. The van der Waals surface area contributed by atoms with E-state index >= 15 is 0 Å². The Morgan fingerprint density at radius 2 is 1.84 bits per heavy atom. The van der Waals surface area contributed by atoms with Crippen LogP contribution < -0.4 is 21.3 Å². The van der Waals surface area contributed by atoms with Crippen LogP contribution in [-0.4, -0.2) is 19.2 Å². The summed E-state index contributed by atoms with van der Waals surface area (Å²) in [5.41, 5.74) is 5.62. The molecule has 0 atom stereocenters. The van der Waals surface area contributed by atoms with E-state index in [1.807, 2.05) is 47.8 Å². The van der Waals surface area contributed by atoms with Crippen molar-refractivity contribution < 1.29 is 17.0 Å². The van der Waals surface area contributed by atoms with Crippen LogP contribution in [0.3, 0.4) is 0 Å². The SMILES string of the molecule is Cn1cc[n+](C)c1N=Nc1ccccc1[As](C)C.[Cl-]. The summed E-state index contributed by atoms with van der Waals surface area (Å²) >= 11 is -0.936. The van der Waals surface area contributed by atoms with Crippen molar-refractivity contribution in [3.05, 3.63) is 36.7 Å². The molecule has 0 radical (unpaired) electrons. The second-order valence-corrected chi connectivity index (χ2v) is 9.17. The number of hydrogen-bond acceptors (Lipinski definition) is 2. The number of azo groups is 1. The van der Waals surface area contributed by atoms with Crippen molar-refractivity contribution in [2.75, 3.05) is 0 Å². The van der Waals surface area contributed by atoms with Gasteiger partial charge in [0.25, 0.3) is 0 Å². The number of rotatable bonds is 3. The minimum atomic E-state index is -0.936. The Morgan fingerprint density at radius 1 is 1.16 bits per heavy atom. The summed E-state index contributed by atoms with van der Waals surface area (Å²) in [7, 11) is 3.94. The number of imidazole rings is 1. The van der Waals surface area contributed by atoms with Crippen molar-refractivity contribution >= 4 is 30.6 Å². The number of aryl methyl sites for hydroxylation is 2. The van der Waals surface area contributed by atoms with E-state index < -0.39 is 14.7 Å². The molecule has 0 fully saturated rings. The Balaban J connectivity index is 0.00000180. The van der Waals surface area contributed by atoms with E-state index in [2.05, 4.69) is 33.8 Å². The van der Waals surface area contributed by atoms with Crippen LogP contribution in [-0.2, 0) is 14.1 Å². The van der Waals surface area contributed by atoms with Crippen molar-refractivity contribution in [3.63, 3.8) is 0 Å². The summed E-state index contributed by atoms with van der Waals surface area (Å²) in [4.78, 5) is 0. The third-order valence-electron chi connectivity index (χ3n) is 2.76. The normalized spacial score (nSPS) is 11.0. The van der Waals surface area contributed by atoms with Crippen LogP contribution in [0.15, 0.2) is 46.9 Å². The minimum Gasteiger partial charge on any atom is -1.00 e. The van der Waals surface area contributed by atoms with Crippen LogP contribution in [0, 0.1) is 0 Å². The summed E-state index contributed by atoms with van der Waals surface area (Å²) in [5.74, 6) is 0.844. The van der Waals surface area contributed by atoms with Crippen LogP contribution in [0.4, 0.5) is 11.6 Å². The number of hydrogen-bond donors (Lipinski definition) is 0. The zero-order valence-electron chi connectivity index (χ0n) is 11.6. The van der Waals surface area contributed by atoms with E-state index in [-0.39, 0.29) is 12.4 Å². The van der Waals surface area contributed by atoms with Crippen molar-refractivity contribution in [1.82, 2.24) is 4.57 Å². The van der Waals surface area contributed by atoms with Gasteiger partial charge in [0.15, 0.2) is 0 Å². The fourth-order valence-corrected chi connectivity index (χ4v) is 3.77. The maximum Gasteiger partial charge on any atom is -1.00 e. The molecule has 2 rings (SSSR count). The average Bonchev–Trinajstić information content (AvgIpc) is 2.67. The van der Waals surface area contributed by atoms with E-state index in [9.17, 15) is 0 Å². The van der Waals surface area contributed by atoms with E-state index in [1.165, 1.54) is 4.35 Å². The molecule has 0 spiro atoms. The van der Waals surface area contributed by atoms with Crippen LogP contribution in [0.25, 0.3) is 0 Å². The molecule has 4 nitrogen and oxygen atoms in total. The first-order chi connectivity index (χ1) is 8.59. The zero-order chi connectivity index (χ0) is 13.1. The van der Waals surface area contributed by atoms with Gasteiger partial charge in [-0.1, -0.05) is 0 Å². The van der Waals surface area contributed by atoms with E-state index in [0.717, 1.165) is 11.6 Å². The quantitative estimate of drug-likeness (QED) is 0.399. The molecule has 0 N–H and O–H groups in total. The molecule has 0 aliphatic rings. The second-order valence-electron chi connectivity index (χ2n) is 4.40. The maximum absolute atomic E-state index is 4.41. The Labute approximate surface area is 124 Å². The Bertz CT molecular complexity index is 558. The zero-order valence-corrected chi connectivity index (χ0v) is 14.2. The van der Waals surface area contributed by atoms with Crippen molar-refractivity contribution in [2.45, 2.75) is 11.4 Å². The molecule has 1 heterocycles. The Kier molecular flexibility index (Phi) is 5.77. The summed E-state index contributed by atoms with van der Waals surface area (Å²) in [6.45, 7) is 0. The Morgan fingerprint density at radius 3 is 2.42 bits per heavy atom. The molecule has 0 bridgehead atoms. The molecule has 2 aromatic rings. The van der Waals surface area contributed by atoms with Gasteiger partial charge in [-0.05, 0) is 0 Å². The van der Waals surface area contributed by atoms with Gasteiger partial charge in [0.05, 0.1) is 0 Å². The molecule has 0 unspecified atom stereocenters. The molecular formula is C13H18AsClN4. The molecule has 6 heteroatoms. The molecule has 0 amide bonds. The number of nitrogens with zero attached hydrogens (tertiary/aromatic N) is 4. The van der Waals surface area contributed by atoms with Crippen LogP contribution in [0.2, 0.25) is 11.4 Å². The molecule has 0 aliphatic heterocycles. The summed E-state index contributed by atoms with van der Waals surface area (Å²) in [6.07, 6.45) is 3.94. The first kappa shape index (κ1) is 15.9. The van der Waals surface area contributed by atoms with Gasteiger partial charge in [0.1, 0.15) is 0 Å². The Hall–Kier alpha value is -1.12. The first-order valence-corrected chi connectivity index (χ1v) is 10.5. The van der Waals surface area contributed by atoms with Gasteiger partial charge in [0, 0.05) is 0 Å². The molecule has 0 aliphatic carbocycles. The second kappa shape index (κ2) is 6.88. The third kappa shape index (κ3) is 3.68. The molecule has 1 aromatic heterocycles. The van der Waals surface area contributed by atoms with Crippen LogP contribution in [0.5, 0.6) is 0 Å². The van der Waals surface area contributed by atoms with Crippen molar-refractivity contribution in [1.29, 1.82) is 0 Å². The van der Waals surface area contributed by atoms with Gasteiger partial charge in [-0.15, -0.1) is 0 Å². The molecular weight excluding hydrogens is 323 g/mol. The molecule has 0 saturated carbocycles. The van der Waals surface area contributed by atoms with E-state index in [4.69, 9.17) is 0 Å².